The molecule has 0 aromatic heterocycles. The minimum atomic E-state index is -1.02. The van der Waals surface area contributed by atoms with Gasteiger partial charge in [0.05, 0.1) is 0 Å². The van der Waals surface area contributed by atoms with E-state index in [1.165, 1.54) is 0 Å². The standard InChI is InChI=1S/C8H10N2O2/c9-8(12)10-7(11)6-4-2-1-3-5-6/h1-5,7,11H,(H3,9,10,12). The third kappa shape index (κ3) is 2.25. The smallest absolute Gasteiger partial charge is 0.314 e. The van der Waals surface area contributed by atoms with Crippen LogP contribution < -0.4 is 11.1 Å². The second-order valence-corrected chi connectivity index (χ2v) is 2.32. The van der Waals surface area contributed by atoms with Gasteiger partial charge in [0.2, 0.25) is 0 Å². The van der Waals surface area contributed by atoms with Crippen LogP contribution in [0.15, 0.2) is 30.3 Å². The van der Waals surface area contributed by atoms with Crippen molar-refractivity contribution in [2.24, 2.45) is 5.73 Å². The van der Waals surface area contributed by atoms with Gasteiger partial charge in [-0.05, 0) is 0 Å². The van der Waals surface area contributed by atoms with Crippen molar-refractivity contribution in [2.45, 2.75) is 6.23 Å². The van der Waals surface area contributed by atoms with Gasteiger partial charge in [-0.3, -0.25) is 0 Å². The summed E-state index contributed by atoms with van der Waals surface area (Å²) in [6, 6.07) is 8.00. The zero-order valence-corrected chi connectivity index (χ0v) is 6.40. The maximum absolute atomic E-state index is 10.3. The molecule has 0 heterocycles. The van der Waals surface area contributed by atoms with Crippen molar-refractivity contribution in [1.29, 1.82) is 0 Å². The monoisotopic (exact) mass is 166 g/mol. The SMILES string of the molecule is NC(=O)NC(O)c1ccccc1. The van der Waals surface area contributed by atoms with E-state index in [0.717, 1.165) is 0 Å². The largest absolute Gasteiger partial charge is 0.369 e. The van der Waals surface area contributed by atoms with Gasteiger partial charge in [-0.1, -0.05) is 30.3 Å². The Morgan fingerprint density at radius 2 is 2.00 bits per heavy atom. The van der Waals surface area contributed by atoms with E-state index in [-0.39, 0.29) is 0 Å². The highest BCUT2D eigenvalue weighted by Crippen LogP contribution is 2.07. The fourth-order valence-corrected chi connectivity index (χ4v) is 0.853. The van der Waals surface area contributed by atoms with Gasteiger partial charge < -0.3 is 16.2 Å². The topological polar surface area (TPSA) is 75.4 Å². The number of hydrogen-bond acceptors (Lipinski definition) is 2. The van der Waals surface area contributed by atoms with Gasteiger partial charge in [0.15, 0.2) is 6.23 Å². The number of aliphatic hydroxyl groups excluding tert-OH is 1. The van der Waals surface area contributed by atoms with Gasteiger partial charge >= 0.3 is 6.03 Å². The number of urea groups is 1. The fraction of sp³-hybridized carbons (Fsp3) is 0.125. The summed E-state index contributed by atoms with van der Waals surface area (Å²) in [7, 11) is 0. The van der Waals surface area contributed by atoms with E-state index in [1.807, 2.05) is 6.07 Å². The van der Waals surface area contributed by atoms with Gasteiger partial charge in [-0.15, -0.1) is 0 Å². The van der Waals surface area contributed by atoms with E-state index in [9.17, 15) is 9.90 Å². The number of nitrogens with one attached hydrogen (secondary N) is 1. The molecule has 4 nitrogen and oxygen atoms in total. The molecule has 4 N–H and O–H groups in total. The molecule has 0 bridgehead atoms. The van der Waals surface area contributed by atoms with Gasteiger partial charge in [0.25, 0.3) is 0 Å². The molecule has 1 unspecified atom stereocenters. The summed E-state index contributed by atoms with van der Waals surface area (Å²) in [5, 5.41) is 11.4. The fourth-order valence-electron chi connectivity index (χ4n) is 0.853. The van der Waals surface area contributed by atoms with Gasteiger partial charge in [-0.2, -0.15) is 0 Å². The summed E-state index contributed by atoms with van der Waals surface area (Å²) in [6.07, 6.45) is -1.02. The molecule has 64 valence electrons. The molecule has 0 spiro atoms. The molecule has 0 aliphatic carbocycles. The summed E-state index contributed by atoms with van der Waals surface area (Å²) in [6.45, 7) is 0. The zero-order chi connectivity index (χ0) is 8.97. The molecule has 0 saturated heterocycles. The van der Waals surface area contributed by atoms with Gasteiger partial charge in [0, 0.05) is 5.56 Å². The second kappa shape index (κ2) is 3.73. The van der Waals surface area contributed by atoms with Gasteiger partial charge in [-0.25, -0.2) is 4.79 Å². The maximum atomic E-state index is 10.3. The number of amides is 2. The first-order valence-corrected chi connectivity index (χ1v) is 3.49. The molecule has 12 heavy (non-hydrogen) atoms. The summed E-state index contributed by atoms with van der Waals surface area (Å²) >= 11 is 0. The van der Waals surface area contributed by atoms with E-state index in [2.05, 4.69) is 5.32 Å². The molecule has 0 aliphatic rings. The average Bonchev–Trinajstić information content (AvgIpc) is 2.05. The van der Waals surface area contributed by atoms with E-state index in [1.54, 1.807) is 24.3 Å². The average molecular weight is 166 g/mol. The molecule has 2 amide bonds. The first kappa shape index (κ1) is 8.55. The van der Waals surface area contributed by atoms with Crippen molar-refractivity contribution in [3.8, 4) is 0 Å². The number of primary amides is 1. The highest BCUT2D eigenvalue weighted by Gasteiger charge is 2.06. The summed E-state index contributed by atoms with van der Waals surface area (Å²) in [5.74, 6) is 0. The van der Waals surface area contributed by atoms with Crippen LogP contribution in [0.5, 0.6) is 0 Å². The molecule has 1 rings (SSSR count). The third-order valence-electron chi connectivity index (χ3n) is 1.39. The van der Waals surface area contributed by atoms with Crippen LogP contribution in [-0.2, 0) is 0 Å². The highest BCUT2D eigenvalue weighted by molar-refractivity contribution is 5.71. The molecular formula is C8H10N2O2. The quantitative estimate of drug-likeness (QED) is 0.554. The van der Waals surface area contributed by atoms with Crippen LogP contribution >= 0.6 is 0 Å². The predicted molar refractivity (Wildman–Crippen MR) is 44.1 cm³/mol. The lowest BCUT2D eigenvalue weighted by molar-refractivity contribution is 0.145. The van der Waals surface area contributed by atoms with Crippen molar-refractivity contribution in [2.75, 3.05) is 0 Å². The van der Waals surface area contributed by atoms with Crippen molar-refractivity contribution >= 4 is 6.03 Å². The highest BCUT2D eigenvalue weighted by atomic mass is 16.3. The number of carbonyl (C=O) groups excluding carboxylic acids is 1. The lowest BCUT2D eigenvalue weighted by atomic mass is 10.2. The minimum absolute atomic E-state index is 0.608. The van der Waals surface area contributed by atoms with Crippen LogP contribution in [0.1, 0.15) is 11.8 Å². The molecular weight excluding hydrogens is 156 g/mol. The van der Waals surface area contributed by atoms with E-state index < -0.39 is 12.3 Å². The van der Waals surface area contributed by atoms with Crippen LogP contribution in [0.3, 0.4) is 0 Å². The lowest BCUT2D eigenvalue weighted by Crippen LogP contribution is -2.32. The molecule has 1 aromatic rings. The van der Waals surface area contributed by atoms with Crippen molar-refractivity contribution in [3.63, 3.8) is 0 Å². The van der Waals surface area contributed by atoms with Crippen molar-refractivity contribution in [3.05, 3.63) is 35.9 Å². The number of rotatable bonds is 2. The third-order valence-corrected chi connectivity index (χ3v) is 1.39. The summed E-state index contributed by atoms with van der Waals surface area (Å²) in [5.41, 5.74) is 5.43. The Kier molecular flexibility index (Phi) is 2.66. The lowest BCUT2D eigenvalue weighted by Gasteiger charge is -2.10. The number of hydrogen-bond donors (Lipinski definition) is 3. The molecule has 4 heteroatoms. The van der Waals surface area contributed by atoms with Crippen LogP contribution in [0.4, 0.5) is 4.79 Å². The van der Waals surface area contributed by atoms with E-state index in [0.29, 0.717) is 5.56 Å². The Balaban J connectivity index is 2.65. The van der Waals surface area contributed by atoms with E-state index >= 15 is 0 Å². The predicted octanol–water partition coefficient (Wildman–Crippen LogP) is 0.346. The van der Waals surface area contributed by atoms with Crippen LogP contribution in [0.2, 0.25) is 0 Å². The Labute approximate surface area is 70.0 Å². The minimum Gasteiger partial charge on any atom is -0.369 e. The van der Waals surface area contributed by atoms with E-state index in [4.69, 9.17) is 5.73 Å². The molecule has 0 fully saturated rings. The van der Waals surface area contributed by atoms with Crippen molar-refractivity contribution in [1.82, 2.24) is 5.32 Å². The Morgan fingerprint density at radius 3 is 2.50 bits per heavy atom. The first-order valence-electron chi connectivity index (χ1n) is 3.49. The zero-order valence-electron chi connectivity index (χ0n) is 6.40. The number of nitrogens with two attached hydrogens (primary N) is 1. The second-order valence-electron chi connectivity index (χ2n) is 2.32. The molecule has 0 saturated carbocycles. The van der Waals surface area contributed by atoms with Crippen LogP contribution in [-0.4, -0.2) is 11.1 Å². The molecule has 0 aliphatic heterocycles. The van der Waals surface area contributed by atoms with Crippen molar-refractivity contribution < 1.29 is 9.90 Å². The maximum Gasteiger partial charge on any atom is 0.314 e. The van der Waals surface area contributed by atoms with Gasteiger partial charge in [0.1, 0.15) is 0 Å². The molecule has 0 radical (unpaired) electrons. The summed E-state index contributed by atoms with van der Waals surface area (Å²) in [4.78, 5) is 10.3. The first-order chi connectivity index (χ1) is 5.70. The Morgan fingerprint density at radius 1 is 1.42 bits per heavy atom. The van der Waals surface area contributed by atoms with Crippen LogP contribution in [0.25, 0.3) is 0 Å². The molecule has 1 aromatic carbocycles. The Hall–Kier alpha value is -1.55. The summed E-state index contributed by atoms with van der Waals surface area (Å²) < 4.78 is 0. The number of carbonyl (C=O) groups is 1. The normalized spacial score (nSPS) is 12.1. The molecule has 1 atom stereocenters. The van der Waals surface area contributed by atoms with Crippen LogP contribution in [0, 0.1) is 0 Å². The number of aliphatic hydroxyl groups is 1. The number of benzene rings is 1. The Bertz CT molecular complexity index is 261.